The first-order valence-corrected chi connectivity index (χ1v) is 15.2. The monoisotopic (exact) mass is 567 g/mol. The molecule has 0 aliphatic carbocycles. The van der Waals surface area contributed by atoms with Gasteiger partial charge in [0.15, 0.2) is 0 Å². The zero-order valence-electron chi connectivity index (χ0n) is 22.8. The molecule has 0 saturated heterocycles. The van der Waals surface area contributed by atoms with E-state index in [2.05, 4.69) is 120 Å². The normalized spacial score (nSPS) is 12.6. The number of benzene rings is 6. The second-order valence-corrected chi connectivity index (χ2v) is 12.0. The average molecular weight is 568 g/mol. The average Bonchev–Trinajstić information content (AvgIpc) is 3.63. The Morgan fingerprint density at radius 1 is 0.581 bits per heavy atom. The summed E-state index contributed by atoms with van der Waals surface area (Å²) in [5.41, 5.74) is 9.30. The van der Waals surface area contributed by atoms with Crippen LogP contribution in [0.15, 0.2) is 132 Å². The van der Waals surface area contributed by atoms with Crippen LogP contribution in [0.5, 0.6) is 0 Å². The summed E-state index contributed by atoms with van der Waals surface area (Å²) in [4.78, 5) is 13.0. The van der Waals surface area contributed by atoms with Gasteiger partial charge in [-0.3, -0.25) is 4.90 Å². The van der Waals surface area contributed by atoms with Crippen molar-refractivity contribution in [3.05, 3.63) is 127 Å². The topological polar surface area (TPSA) is 42.2 Å². The van der Waals surface area contributed by atoms with Crippen molar-refractivity contribution in [2.75, 3.05) is 4.90 Å². The summed E-state index contributed by atoms with van der Waals surface area (Å²) in [5, 5.41) is 5.76. The van der Waals surface area contributed by atoms with Crippen LogP contribution in [0.2, 0.25) is 0 Å². The number of furan rings is 1. The van der Waals surface area contributed by atoms with E-state index in [1.165, 1.54) is 26.6 Å². The van der Waals surface area contributed by atoms with Gasteiger partial charge in [-0.1, -0.05) is 84.9 Å². The van der Waals surface area contributed by atoms with E-state index >= 15 is 0 Å². The van der Waals surface area contributed by atoms with E-state index in [1.54, 1.807) is 11.3 Å². The molecule has 1 aliphatic heterocycles. The van der Waals surface area contributed by atoms with Gasteiger partial charge in [-0.2, -0.15) is 0 Å². The lowest BCUT2D eigenvalue weighted by atomic mass is 9.91. The van der Waals surface area contributed by atoms with E-state index in [0.717, 1.165) is 60.2 Å². The van der Waals surface area contributed by atoms with E-state index < -0.39 is 0 Å². The number of thiophene rings is 1. The van der Waals surface area contributed by atoms with Crippen molar-refractivity contribution in [3.63, 3.8) is 0 Å². The molecule has 0 unspecified atom stereocenters. The summed E-state index contributed by atoms with van der Waals surface area (Å²) in [6.45, 7) is 0. The van der Waals surface area contributed by atoms with Gasteiger partial charge in [0.1, 0.15) is 11.2 Å². The van der Waals surface area contributed by atoms with Gasteiger partial charge >= 0.3 is 0 Å². The van der Waals surface area contributed by atoms with E-state index in [1.807, 2.05) is 12.1 Å². The molecule has 0 amide bonds. The predicted molar refractivity (Wildman–Crippen MR) is 179 cm³/mol. The largest absolute Gasteiger partial charge is 0.456 e. The van der Waals surface area contributed by atoms with Crippen molar-refractivity contribution < 1.29 is 4.42 Å². The molecular formula is C38H21N3OS. The Morgan fingerprint density at radius 3 is 2.28 bits per heavy atom. The highest BCUT2D eigenvalue weighted by molar-refractivity contribution is 7.26. The number of fused-ring (bicyclic) bond motifs is 8. The fraction of sp³-hybridized carbons (Fsp3) is 0. The molecule has 9 aromatic rings. The van der Waals surface area contributed by atoms with Gasteiger partial charge in [0.05, 0.1) is 27.3 Å². The Hall–Kier alpha value is -5.52. The highest BCUT2D eigenvalue weighted by Crippen LogP contribution is 2.51. The Kier molecular flexibility index (Phi) is 4.57. The molecule has 200 valence electrons. The molecule has 3 aromatic heterocycles. The van der Waals surface area contributed by atoms with Gasteiger partial charge in [-0.25, -0.2) is 9.97 Å². The minimum Gasteiger partial charge on any atom is -0.456 e. The molecule has 5 heteroatoms. The van der Waals surface area contributed by atoms with Crippen LogP contribution in [0.4, 0.5) is 17.3 Å². The molecule has 43 heavy (non-hydrogen) atoms. The summed E-state index contributed by atoms with van der Waals surface area (Å²) in [5.74, 6) is 0.664. The minimum atomic E-state index is 0.664. The van der Waals surface area contributed by atoms with Crippen molar-refractivity contribution in [2.45, 2.75) is 0 Å². The summed E-state index contributed by atoms with van der Waals surface area (Å²) in [6.07, 6.45) is 0. The predicted octanol–water partition coefficient (Wildman–Crippen LogP) is 11.0. The molecule has 4 heterocycles. The van der Waals surface area contributed by atoms with Crippen LogP contribution < -0.4 is 4.90 Å². The molecule has 0 fully saturated rings. The number of nitrogens with zero attached hydrogens (tertiary/aromatic N) is 3. The van der Waals surface area contributed by atoms with Crippen molar-refractivity contribution in [1.29, 1.82) is 0 Å². The molecule has 0 N–H and O–H groups in total. The standard InChI is InChI=1S/C38H21N3OS/c1-4-15-29-24(11-1)26-14-7-9-22-10-8-16-30(34(22)26)41(29)38-39-35(37-36(40-38)27-13-3-6-18-33(27)43-37)23-19-20-32-28(21-23)25-12-2-5-17-31(25)42-32/h1-21H. The van der Waals surface area contributed by atoms with E-state index in [9.17, 15) is 0 Å². The molecule has 0 atom stereocenters. The highest BCUT2D eigenvalue weighted by Gasteiger charge is 2.28. The van der Waals surface area contributed by atoms with Gasteiger partial charge in [0.25, 0.3) is 0 Å². The lowest BCUT2D eigenvalue weighted by molar-refractivity contribution is 0.669. The van der Waals surface area contributed by atoms with Crippen molar-refractivity contribution in [2.24, 2.45) is 0 Å². The fourth-order valence-electron chi connectivity index (χ4n) is 6.72. The van der Waals surface area contributed by atoms with Crippen molar-refractivity contribution in [3.8, 4) is 22.4 Å². The van der Waals surface area contributed by atoms with Gasteiger partial charge in [0.2, 0.25) is 5.95 Å². The number of anilines is 3. The molecule has 0 radical (unpaired) electrons. The van der Waals surface area contributed by atoms with Gasteiger partial charge in [-0.15, -0.1) is 11.3 Å². The maximum Gasteiger partial charge on any atom is 0.235 e. The SMILES string of the molecule is c1ccc2c(c1)-c1cccc3cccc(c13)N2c1nc(-c2ccc3oc4ccccc4c3c2)c2sc3ccccc3c2n1. The summed E-state index contributed by atoms with van der Waals surface area (Å²) < 4.78 is 8.45. The lowest BCUT2D eigenvalue weighted by Gasteiger charge is -2.32. The van der Waals surface area contributed by atoms with Crippen LogP contribution in [0.1, 0.15) is 0 Å². The molecule has 0 bridgehead atoms. The fourth-order valence-corrected chi connectivity index (χ4v) is 7.88. The smallest absolute Gasteiger partial charge is 0.235 e. The summed E-state index contributed by atoms with van der Waals surface area (Å²) in [7, 11) is 0. The van der Waals surface area contributed by atoms with Gasteiger partial charge < -0.3 is 4.42 Å². The third-order valence-electron chi connectivity index (χ3n) is 8.62. The van der Waals surface area contributed by atoms with E-state index in [0.29, 0.717) is 5.95 Å². The van der Waals surface area contributed by atoms with Crippen LogP contribution in [-0.2, 0) is 0 Å². The molecule has 1 aliphatic rings. The third-order valence-corrected chi connectivity index (χ3v) is 9.78. The zero-order valence-corrected chi connectivity index (χ0v) is 23.6. The molecule has 0 spiro atoms. The third kappa shape index (κ3) is 3.20. The molecule has 4 nitrogen and oxygen atoms in total. The van der Waals surface area contributed by atoms with E-state index in [4.69, 9.17) is 14.4 Å². The van der Waals surface area contributed by atoms with Crippen LogP contribution in [0.3, 0.4) is 0 Å². The van der Waals surface area contributed by atoms with Crippen LogP contribution in [-0.4, -0.2) is 9.97 Å². The Labute approximate surface area is 250 Å². The number of aromatic nitrogens is 2. The molecule has 10 rings (SSSR count). The Bertz CT molecular complexity index is 2590. The lowest BCUT2D eigenvalue weighted by Crippen LogP contribution is -2.17. The van der Waals surface area contributed by atoms with Crippen LogP contribution in [0.25, 0.3) is 75.4 Å². The summed E-state index contributed by atoms with van der Waals surface area (Å²) in [6, 6.07) is 44.8. The van der Waals surface area contributed by atoms with Crippen molar-refractivity contribution in [1.82, 2.24) is 9.97 Å². The molecular weight excluding hydrogens is 547 g/mol. The molecule has 6 aromatic carbocycles. The molecule has 0 saturated carbocycles. The van der Waals surface area contributed by atoms with Crippen molar-refractivity contribution >= 4 is 81.7 Å². The Morgan fingerprint density at radius 2 is 1.33 bits per heavy atom. The Balaban J connectivity index is 1.31. The highest BCUT2D eigenvalue weighted by atomic mass is 32.1. The minimum absolute atomic E-state index is 0.664. The van der Waals surface area contributed by atoms with Gasteiger partial charge in [0, 0.05) is 37.4 Å². The first kappa shape index (κ1) is 23.1. The first-order valence-electron chi connectivity index (χ1n) is 14.3. The second-order valence-electron chi connectivity index (χ2n) is 11.0. The zero-order chi connectivity index (χ0) is 28.1. The van der Waals surface area contributed by atoms with Crippen LogP contribution >= 0.6 is 11.3 Å². The van der Waals surface area contributed by atoms with Gasteiger partial charge in [-0.05, 0) is 53.4 Å². The van der Waals surface area contributed by atoms with Crippen LogP contribution in [0, 0.1) is 0 Å². The van der Waals surface area contributed by atoms with E-state index in [-0.39, 0.29) is 0 Å². The maximum absolute atomic E-state index is 6.16. The maximum atomic E-state index is 6.16. The number of para-hydroxylation sites is 2. The number of hydrogen-bond donors (Lipinski definition) is 0. The number of hydrogen-bond acceptors (Lipinski definition) is 5. The summed E-state index contributed by atoms with van der Waals surface area (Å²) >= 11 is 1.75. The number of rotatable bonds is 2. The quantitative estimate of drug-likeness (QED) is 0.208. The second kappa shape index (κ2) is 8.51. The first-order chi connectivity index (χ1) is 21.3.